The fraction of sp³-hybridized carbons (Fsp3) is 0.444. The third kappa shape index (κ3) is 4.21. The molecule has 2 aliphatic heterocycles. The van der Waals surface area contributed by atoms with Crippen molar-refractivity contribution in [1.29, 1.82) is 0 Å². The van der Waals surface area contributed by atoms with Gasteiger partial charge in [0.1, 0.15) is 6.04 Å². The lowest BCUT2D eigenvalue weighted by Gasteiger charge is -2.30. The number of carbonyl (C=O) groups excluding carboxylic acids is 3. The molecule has 2 aliphatic rings. The molecule has 3 rings (SSSR count). The monoisotopic (exact) mass is 393 g/mol. The number of benzene rings is 1. The van der Waals surface area contributed by atoms with Crippen LogP contribution in [-0.4, -0.2) is 53.0 Å². The summed E-state index contributed by atoms with van der Waals surface area (Å²) in [5, 5.41) is 12.1. The maximum atomic E-state index is 12.5. The molecule has 0 saturated carbocycles. The van der Waals surface area contributed by atoms with E-state index in [0.29, 0.717) is 36.6 Å². The summed E-state index contributed by atoms with van der Waals surface area (Å²) in [4.78, 5) is 50.6. The lowest BCUT2D eigenvalue weighted by atomic mass is 9.96. The average molecular weight is 394 g/mol. The molecule has 2 saturated heterocycles. The van der Waals surface area contributed by atoms with E-state index in [0.717, 1.165) is 4.90 Å². The van der Waals surface area contributed by atoms with E-state index in [1.165, 1.54) is 0 Å². The van der Waals surface area contributed by atoms with Crippen molar-refractivity contribution in [1.82, 2.24) is 10.2 Å². The average Bonchev–Trinajstić information content (AvgIpc) is 2.94. The van der Waals surface area contributed by atoms with Crippen molar-refractivity contribution in [2.45, 2.75) is 31.7 Å². The molecular formula is C18H20ClN3O5. The molecule has 2 N–H and O–H groups in total. The quantitative estimate of drug-likeness (QED) is 0.742. The van der Waals surface area contributed by atoms with Gasteiger partial charge in [-0.15, -0.1) is 0 Å². The van der Waals surface area contributed by atoms with Crippen LogP contribution >= 0.6 is 11.6 Å². The number of imide groups is 1. The number of likely N-dealkylation sites (tertiary alicyclic amines) is 1. The third-order valence-electron chi connectivity index (χ3n) is 4.95. The first-order valence-corrected chi connectivity index (χ1v) is 9.15. The first-order valence-electron chi connectivity index (χ1n) is 8.77. The van der Waals surface area contributed by atoms with Crippen LogP contribution in [0.15, 0.2) is 24.3 Å². The summed E-state index contributed by atoms with van der Waals surface area (Å²) in [6, 6.07) is 5.07. The number of nitrogens with one attached hydrogen (secondary N) is 1. The van der Waals surface area contributed by atoms with Gasteiger partial charge in [0.15, 0.2) is 0 Å². The molecular weight excluding hydrogens is 374 g/mol. The molecule has 2 heterocycles. The van der Waals surface area contributed by atoms with Gasteiger partial charge in [-0.25, -0.2) is 9.69 Å². The summed E-state index contributed by atoms with van der Waals surface area (Å²) in [7, 11) is 0. The molecule has 144 valence electrons. The van der Waals surface area contributed by atoms with Gasteiger partial charge in [-0.05, 0) is 43.5 Å². The van der Waals surface area contributed by atoms with Crippen molar-refractivity contribution >= 4 is 41.1 Å². The van der Waals surface area contributed by atoms with Gasteiger partial charge in [-0.1, -0.05) is 11.6 Å². The molecule has 0 bridgehead atoms. The van der Waals surface area contributed by atoms with E-state index in [2.05, 4.69) is 5.32 Å². The number of nitrogens with zero attached hydrogens (tertiary/aromatic N) is 2. The van der Waals surface area contributed by atoms with Crippen LogP contribution < -0.4 is 10.2 Å². The predicted octanol–water partition coefficient (Wildman–Crippen LogP) is 1.87. The second kappa shape index (κ2) is 7.96. The molecule has 1 aromatic rings. The number of piperidine rings is 1. The van der Waals surface area contributed by atoms with Crippen LogP contribution in [0.4, 0.5) is 10.5 Å². The molecule has 2 fully saturated rings. The molecule has 27 heavy (non-hydrogen) atoms. The van der Waals surface area contributed by atoms with Gasteiger partial charge in [-0.2, -0.15) is 0 Å². The lowest BCUT2D eigenvalue weighted by molar-refractivity contribution is -0.145. The van der Waals surface area contributed by atoms with Crippen LogP contribution in [0.2, 0.25) is 5.02 Å². The van der Waals surface area contributed by atoms with E-state index in [1.807, 2.05) is 0 Å². The highest BCUT2D eigenvalue weighted by Crippen LogP contribution is 2.24. The van der Waals surface area contributed by atoms with Gasteiger partial charge >= 0.3 is 12.0 Å². The smallest absolute Gasteiger partial charge is 0.329 e. The van der Waals surface area contributed by atoms with Crippen molar-refractivity contribution in [3.63, 3.8) is 0 Å². The zero-order chi connectivity index (χ0) is 19.6. The molecule has 0 spiro atoms. The number of hydrogen-bond donors (Lipinski definition) is 2. The number of aliphatic carboxylic acids is 1. The SMILES string of the molecule is O=C(O)C1CCN(C(=O)CCC2NC(=O)N(c3ccc(Cl)cc3)C2=O)CC1. The van der Waals surface area contributed by atoms with Crippen molar-refractivity contribution < 1.29 is 24.3 Å². The van der Waals surface area contributed by atoms with E-state index in [-0.39, 0.29) is 18.7 Å². The van der Waals surface area contributed by atoms with Gasteiger partial charge in [0.05, 0.1) is 11.6 Å². The standard InChI is InChI=1S/C18H20ClN3O5/c19-12-1-3-13(4-2-12)22-16(24)14(20-18(22)27)5-6-15(23)21-9-7-11(8-10-21)17(25)26/h1-4,11,14H,5-10H2,(H,20,27)(H,25,26). The zero-order valence-corrected chi connectivity index (χ0v) is 15.3. The second-order valence-electron chi connectivity index (χ2n) is 6.68. The zero-order valence-electron chi connectivity index (χ0n) is 14.6. The number of anilines is 1. The Labute approximate surface area is 161 Å². The topological polar surface area (TPSA) is 107 Å². The van der Waals surface area contributed by atoms with Crippen LogP contribution in [0.3, 0.4) is 0 Å². The highest BCUT2D eigenvalue weighted by atomic mass is 35.5. The number of carboxylic acids is 1. The van der Waals surface area contributed by atoms with Crippen molar-refractivity contribution in [2.75, 3.05) is 18.0 Å². The Morgan fingerprint density at radius 1 is 1.15 bits per heavy atom. The number of carbonyl (C=O) groups is 4. The van der Waals surface area contributed by atoms with Crippen molar-refractivity contribution in [2.24, 2.45) is 5.92 Å². The lowest BCUT2D eigenvalue weighted by Crippen LogP contribution is -2.41. The first-order chi connectivity index (χ1) is 12.9. The summed E-state index contributed by atoms with van der Waals surface area (Å²) < 4.78 is 0. The molecule has 9 heteroatoms. The van der Waals surface area contributed by atoms with Gasteiger partial charge < -0.3 is 15.3 Å². The first kappa shape index (κ1) is 19.2. The third-order valence-corrected chi connectivity index (χ3v) is 5.20. The van der Waals surface area contributed by atoms with E-state index >= 15 is 0 Å². The van der Waals surface area contributed by atoms with E-state index < -0.39 is 29.9 Å². The van der Waals surface area contributed by atoms with Gasteiger partial charge in [-0.3, -0.25) is 14.4 Å². The molecule has 1 aromatic carbocycles. The van der Waals surface area contributed by atoms with Crippen LogP contribution in [0.25, 0.3) is 0 Å². The maximum Gasteiger partial charge on any atom is 0.329 e. The Hall–Kier alpha value is -2.61. The number of urea groups is 1. The second-order valence-corrected chi connectivity index (χ2v) is 7.12. The maximum absolute atomic E-state index is 12.5. The number of hydrogen-bond acceptors (Lipinski definition) is 4. The minimum Gasteiger partial charge on any atom is -0.481 e. The fourth-order valence-electron chi connectivity index (χ4n) is 3.36. The highest BCUT2D eigenvalue weighted by Gasteiger charge is 2.39. The summed E-state index contributed by atoms with van der Waals surface area (Å²) >= 11 is 5.83. The normalized spacial score (nSPS) is 20.7. The molecule has 0 aromatic heterocycles. The predicted molar refractivity (Wildman–Crippen MR) is 97.4 cm³/mol. The number of amides is 4. The Balaban J connectivity index is 1.53. The summed E-state index contributed by atoms with van der Waals surface area (Å²) in [5.74, 6) is -1.77. The fourth-order valence-corrected chi connectivity index (χ4v) is 3.49. The Kier molecular flexibility index (Phi) is 5.65. The largest absolute Gasteiger partial charge is 0.481 e. The van der Waals surface area contributed by atoms with Crippen LogP contribution in [0, 0.1) is 5.92 Å². The molecule has 8 nitrogen and oxygen atoms in total. The van der Waals surface area contributed by atoms with Crippen LogP contribution in [0.1, 0.15) is 25.7 Å². The highest BCUT2D eigenvalue weighted by molar-refractivity contribution is 6.30. The van der Waals surface area contributed by atoms with E-state index in [4.69, 9.17) is 16.7 Å². The van der Waals surface area contributed by atoms with Gasteiger partial charge in [0.2, 0.25) is 5.91 Å². The van der Waals surface area contributed by atoms with E-state index in [9.17, 15) is 19.2 Å². The number of rotatable bonds is 5. The van der Waals surface area contributed by atoms with E-state index in [1.54, 1.807) is 29.2 Å². The summed E-state index contributed by atoms with van der Waals surface area (Å²) in [6.45, 7) is 0.801. The Bertz CT molecular complexity index is 759. The summed E-state index contributed by atoms with van der Waals surface area (Å²) in [6.07, 6.45) is 1.18. The molecule has 0 radical (unpaired) electrons. The Morgan fingerprint density at radius 2 is 1.78 bits per heavy atom. The molecule has 1 atom stereocenters. The summed E-state index contributed by atoms with van der Waals surface area (Å²) in [5.41, 5.74) is 0.423. The van der Waals surface area contributed by atoms with Gasteiger partial charge in [0.25, 0.3) is 5.91 Å². The minimum absolute atomic E-state index is 0.114. The molecule has 1 unspecified atom stereocenters. The molecule has 4 amide bonds. The molecule has 0 aliphatic carbocycles. The van der Waals surface area contributed by atoms with Crippen molar-refractivity contribution in [3.8, 4) is 0 Å². The van der Waals surface area contributed by atoms with Gasteiger partial charge in [0, 0.05) is 24.5 Å². The number of halogens is 1. The number of carboxylic acid groups (broad SMARTS) is 1. The van der Waals surface area contributed by atoms with Crippen LogP contribution in [-0.2, 0) is 14.4 Å². The minimum atomic E-state index is -0.830. The van der Waals surface area contributed by atoms with Crippen molar-refractivity contribution in [3.05, 3.63) is 29.3 Å². The Morgan fingerprint density at radius 3 is 2.37 bits per heavy atom. The van der Waals surface area contributed by atoms with Crippen LogP contribution in [0.5, 0.6) is 0 Å².